The quantitative estimate of drug-likeness (QED) is 0.0989. The van der Waals surface area contributed by atoms with E-state index in [1.165, 1.54) is 36.3 Å². The van der Waals surface area contributed by atoms with Crippen LogP contribution in [0.5, 0.6) is 0 Å². The predicted octanol–water partition coefficient (Wildman–Crippen LogP) is 9.48. The molecule has 1 saturated carbocycles. The van der Waals surface area contributed by atoms with Crippen molar-refractivity contribution in [3.8, 4) is 0 Å². The molecular weight excluding hydrogens is 711 g/mol. The Balaban J connectivity index is 1.61. The fourth-order valence-electron chi connectivity index (χ4n) is 7.86. The average Bonchev–Trinajstić information content (AvgIpc) is 3.17. The molecule has 5 rings (SSSR count). The first kappa shape index (κ1) is 43.0. The van der Waals surface area contributed by atoms with Gasteiger partial charge in [0.05, 0.1) is 38.0 Å². The Bertz CT molecular complexity index is 1670. The van der Waals surface area contributed by atoms with E-state index in [9.17, 15) is 23.8 Å². The number of nitrogens with zero attached hydrogens (tertiary/aromatic N) is 2. The molecule has 1 aliphatic rings. The van der Waals surface area contributed by atoms with Gasteiger partial charge in [-0.1, -0.05) is 123 Å². The Morgan fingerprint density at radius 3 is 1.82 bits per heavy atom. The molecule has 7 nitrogen and oxygen atoms in total. The van der Waals surface area contributed by atoms with Crippen molar-refractivity contribution >= 4 is 6.09 Å². The Hall–Kier alpha value is -4.15. The molecule has 302 valence electrons. The Kier molecular flexibility index (Phi) is 16.4. The maximum Gasteiger partial charge on any atom is 0.410 e. The van der Waals surface area contributed by atoms with E-state index < -0.39 is 54.2 Å². The third-order valence-electron chi connectivity index (χ3n) is 10.6. The molecule has 2 N–H and O–H groups in total. The number of aliphatic hydroxyl groups is 2. The summed E-state index contributed by atoms with van der Waals surface area (Å²) in [5, 5.41) is 23.1. The molecule has 9 heteroatoms. The molecule has 0 spiro atoms. The monoisotopic (exact) mass is 770 g/mol. The van der Waals surface area contributed by atoms with Crippen LogP contribution in [0, 0.1) is 17.6 Å². The van der Waals surface area contributed by atoms with Crippen molar-refractivity contribution in [3.05, 3.63) is 143 Å². The van der Waals surface area contributed by atoms with E-state index >= 15 is 0 Å². The van der Waals surface area contributed by atoms with Gasteiger partial charge >= 0.3 is 6.09 Å². The molecule has 0 radical (unpaired) electrons. The lowest BCUT2D eigenvalue weighted by Crippen LogP contribution is -2.60. The van der Waals surface area contributed by atoms with Gasteiger partial charge < -0.3 is 19.7 Å². The molecule has 0 bridgehead atoms. The minimum atomic E-state index is -1.02. The first-order valence-electron chi connectivity index (χ1n) is 20.2. The molecule has 1 aliphatic carbocycles. The van der Waals surface area contributed by atoms with Gasteiger partial charge in [-0.25, -0.2) is 13.6 Å². The number of rotatable bonds is 19. The molecule has 0 heterocycles. The van der Waals surface area contributed by atoms with Gasteiger partial charge in [0.1, 0.15) is 17.2 Å². The number of carbonyl (C=O) groups excluding carboxylic acids is 1. The topological polar surface area (TPSA) is 82.5 Å². The number of ether oxygens (including phenoxy) is 2. The fourth-order valence-corrected chi connectivity index (χ4v) is 7.86. The second-order valence-corrected chi connectivity index (χ2v) is 16.3. The third-order valence-corrected chi connectivity index (χ3v) is 10.6. The van der Waals surface area contributed by atoms with Crippen molar-refractivity contribution < 1.29 is 33.3 Å². The van der Waals surface area contributed by atoms with E-state index in [1.807, 2.05) is 91.0 Å². The minimum Gasteiger partial charge on any atom is -0.444 e. The Morgan fingerprint density at radius 1 is 0.768 bits per heavy atom. The van der Waals surface area contributed by atoms with Crippen molar-refractivity contribution in [2.75, 3.05) is 13.2 Å². The van der Waals surface area contributed by atoms with Gasteiger partial charge in [0, 0.05) is 25.2 Å². The van der Waals surface area contributed by atoms with Crippen LogP contribution in [0.4, 0.5) is 13.6 Å². The van der Waals surface area contributed by atoms with Crippen LogP contribution in [0.2, 0.25) is 0 Å². The van der Waals surface area contributed by atoms with Gasteiger partial charge in [0.2, 0.25) is 0 Å². The highest BCUT2D eigenvalue weighted by Crippen LogP contribution is 2.30. The highest BCUT2D eigenvalue weighted by atomic mass is 19.1. The van der Waals surface area contributed by atoms with Crippen LogP contribution in [-0.4, -0.2) is 69.2 Å². The lowest BCUT2D eigenvalue weighted by atomic mass is 9.85. The zero-order chi connectivity index (χ0) is 39.9. The van der Waals surface area contributed by atoms with E-state index in [2.05, 4.69) is 4.90 Å². The largest absolute Gasteiger partial charge is 0.444 e. The molecule has 4 aromatic rings. The normalized spacial score (nSPS) is 15.9. The molecule has 0 aliphatic heterocycles. The zero-order valence-electron chi connectivity index (χ0n) is 33.2. The summed E-state index contributed by atoms with van der Waals surface area (Å²) in [5.41, 5.74) is 2.42. The lowest BCUT2D eigenvalue weighted by molar-refractivity contribution is -0.0946. The van der Waals surface area contributed by atoms with E-state index in [0.717, 1.165) is 42.0 Å². The summed E-state index contributed by atoms with van der Waals surface area (Å²) in [7, 11) is 0. The Morgan fingerprint density at radius 2 is 1.30 bits per heavy atom. The Labute approximate surface area is 332 Å². The molecule has 1 fully saturated rings. The van der Waals surface area contributed by atoms with Crippen molar-refractivity contribution in [1.82, 2.24) is 9.80 Å². The summed E-state index contributed by atoms with van der Waals surface area (Å²) in [6.07, 6.45) is 4.86. The summed E-state index contributed by atoms with van der Waals surface area (Å²) < 4.78 is 42.7. The smallest absolute Gasteiger partial charge is 0.410 e. The molecule has 0 aromatic heterocycles. The molecule has 4 aromatic carbocycles. The van der Waals surface area contributed by atoms with Gasteiger partial charge in [0.15, 0.2) is 0 Å². The van der Waals surface area contributed by atoms with Gasteiger partial charge in [-0.15, -0.1) is 0 Å². The number of hydrogen-bond acceptors (Lipinski definition) is 6. The van der Waals surface area contributed by atoms with Crippen LogP contribution in [0.25, 0.3) is 0 Å². The van der Waals surface area contributed by atoms with Gasteiger partial charge in [-0.3, -0.25) is 9.80 Å². The standard InChI is InChI=1S/C47H60F2N2O5/c1-47(2,3)56-46(54)51(32-42(53)25-24-35-16-8-4-9-17-35)44(33-52)45(55-34-38-22-14-7-15-23-38)43(28-39-26-40(48)29-41(49)27-39)50(30-36-18-10-5-11-19-36)31-37-20-12-6-13-21-37/h5-7,10-15,18-23,26-27,29,35,42-45,52-53H,4,8-9,16-17,24-25,28,30-34H2,1-3H3/t42-,43-,44+,45-/m0/s1. The molecule has 4 atom stereocenters. The summed E-state index contributed by atoms with van der Waals surface area (Å²) in [5.74, 6) is -0.869. The van der Waals surface area contributed by atoms with Gasteiger partial charge in [0.25, 0.3) is 0 Å². The first-order valence-corrected chi connectivity index (χ1v) is 20.2. The number of hydrogen-bond donors (Lipinski definition) is 2. The van der Waals surface area contributed by atoms with Crippen molar-refractivity contribution in [2.45, 2.75) is 122 Å². The van der Waals surface area contributed by atoms with Crippen molar-refractivity contribution in [3.63, 3.8) is 0 Å². The highest BCUT2D eigenvalue weighted by molar-refractivity contribution is 5.68. The van der Waals surface area contributed by atoms with E-state index in [0.29, 0.717) is 31.0 Å². The maximum atomic E-state index is 14.9. The summed E-state index contributed by atoms with van der Waals surface area (Å²) >= 11 is 0. The van der Waals surface area contributed by atoms with Gasteiger partial charge in [-0.05, 0) is 80.3 Å². The summed E-state index contributed by atoms with van der Waals surface area (Å²) in [4.78, 5) is 17.9. The average molecular weight is 771 g/mol. The fraction of sp³-hybridized carbons (Fsp3) is 0.468. The van der Waals surface area contributed by atoms with Crippen LogP contribution >= 0.6 is 0 Å². The van der Waals surface area contributed by atoms with Crippen LogP contribution in [0.3, 0.4) is 0 Å². The molecule has 1 amide bonds. The number of carbonyl (C=O) groups is 1. The second-order valence-electron chi connectivity index (χ2n) is 16.3. The molecule has 56 heavy (non-hydrogen) atoms. The number of halogens is 2. The highest BCUT2D eigenvalue weighted by Gasteiger charge is 2.41. The van der Waals surface area contributed by atoms with Crippen LogP contribution in [0.1, 0.15) is 88.0 Å². The van der Waals surface area contributed by atoms with Crippen LogP contribution < -0.4 is 0 Å². The molecule has 0 unspecified atom stereocenters. The van der Waals surface area contributed by atoms with Gasteiger partial charge in [-0.2, -0.15) is 0 Å². The number of amides is 1. The second kappa shape index (κ2) is 21.4. The summed E-state index contributed by atoms with van der Waals surface area (Å²) in [6, 6.07) is 31.3. The minimum absolute atomic E-state index is 0.0866. The van der Waals surface area contributed by atoms with E-state index in [4.69, 9.17) is 9.47 Å². The van der Waals surface area contributed by atoms with E-state index in [1.54, 1.807) is 20.8 Å². The summed E-state index contributed by atoms with van der Waals surface area (Å²) in [6.45, 7) is 5.72. The molecular formula is C47H60F2N2O5. The number of benzene rings is 4. The van der Waals surface area contributed by atoms with Crippen LogP contribution in [-0.2, 0) is 35.6 Å². The maximum absolute atomic E-state index is 14.9. The first-order chi connectivity index (χ1) is 27.0. The van der Waals surface area contributed by atoms with E-state index in [-0.39, 0.29) is 19.6 Å². The number of aliphatic hydroxyl groups excluding tert-OH is 2. The zero-order valence-corrected chi connectivity index (χ0v) is 33.2. The van der Waals surface area contributed by atoms with Crippen molar-refractivity contribution in [2.24, 2.45) is 5.92 Å². The van der Waals surface area contributed by atoms with Crippen LogP contribution in [0.15, 0.2) is 109 Å². The SMILES string of the molecule is CC(C)(C)OC(=O)N(C[C@@H](O)CCC1CCCCC1)[C@H](CO)[C@@H](OCc1ccccc1)[C@H](Cc1cc(F)cc(F)c1)N(Cc1ccccc1)Cc1ccccc1. The lowest BCUT2D eigenvalue weighted by Gasteiger charge is -2.44. The molecule has 0 saturated heterocycles. The predicted molar refractivity (Wildman–Crippen MR) is 217 cm³/mol. The third kappa shape index (κ3) is 13.8. The van der Waals surface area contributed by atoms with Crippen molar-refractivity contribution in [1.29, 1.82) is 0 Å².